The zero-order valence-corrected chi connectivity index (χ0v) is 23.3. The summed E-state index contributed by atoms with van der Waals surface area (Å²) in [6.07, 6.45) is 0. The van der Waals surface area contributed by atoms with E-state index in [1.165, 1.54) is 0 Å². The van der Waals surface area contributed by atoms with Crippen LogP contribution in [-0.2, 0) is 0 Å². The summed E-state index contributed by atoms with van der Waals surface area (Å²) in [4.78, 5) is 0. The smallest absolute Gasteiger partial charge is 1.00 e. The van der Waals surface area contributed by atoms with Gasteiger partial charge in [0.2, 0.25) is 0 Å². The number of rotatable bonds is 0. The summed E-state index contributed by atoms with van der Waals surface area (Å²) in [5, 5.41) is 0. The van der Waals surface area contributed by atoms with Crippen LogP contribution in [0.25, 0.3) is 0 Å². The Kier molecular flexibility index (Phi) is 133. The maximum atomic E-state index is 0. The molecule has 0 aliphatic rings. The first-order valence-corrected chi connectivity index (χ1v) is 0. The maximum absolute atomic E-state index is 0. The molecule has 3 radical (unpaired) electrons. The molecule has 0 saturated heterocycles. The number of hydrogen-bond donors (Lipinski definition) is 0. The molecular weight excluding hydrogens is 402 g/mol. The minimum Gasteiger partial charge on any atom is -1.00 e. The minimum atomic E-state index is 0. The molecule has 0 atom stereocenters. The molecule has 0 N–H and O–H groups in total. The summed E-state index contributed by atoms with van der Waals surface area (Å²) in [5.74, 6) is 0. The van der Waals surface area contributed by atoms with Crippen molar-refractivity contribution in [2.45, 2.75) is 0 Å². The standard InChI is InChI=1S/Cs.K.Na.Rb.Sb.4H/q4*+1;;4*-1. The van der Waals surface area contributed by atoms with Crippen molar-refractivity contribution in [3.63, 3.8) is 0 Å². The van der Waals surface area contributed by atoms with Gasteiger partial charge < -0.3 is 5.71 Å². The summed E-state index contributed by atoms with van der Waals surface area (Å²) in [6, 6.07) is 0. The molecule has 0 amide bonds. The van der Waals surface area contributed by atoms with Crippen molar-refractivity contribution in [2.75, 3.05) is 0 Å². The topological polar surface area (TPSA) is 0 Å². The van der Waals surface area contributed by atoms with Gasteiger partial charge in [0.1, 0.15) is 0 Å². The monoisotopic (exact) mass is 405 g/mol. The van der Waals surface area contributed by atoms with Gasteiger partial charge in [-0.2, -0.15) is 0 Å². The first-order chi connectivity index (χ1) is 0. The van der Waals surface area contributed by atoms with E-state index < -0.39 is 0 Å². The first-order valence-electron chi connectivity index (χ1n) is 0. The van der Waals surface area contributed by atoms with Crippen molar-refractivity contribution in [3.8, 4) is 0 Å². The quantitative estimate of drug-likeness (QED) is 0.351. The summed E-state index contributed by atoms with van der Waals surface area (Å²) in [7, 11) is 0. The zero-order chi connectivity index (χ0) is 0. The van der Waals surface area contributed by atoms with E-state index in [4.69, 9.17) is 0 Å². The molecule has 13 valence electrons. The average Bonchev–Trinajstić information content (AvgIpc) is 0. The van der Waals surface area contributed by atoms with Gasteiger partial charge in [0, 0.05) is 24.4 Å². The van der Waals surface area contributed by atoms with Gasteiger partial charge in [-0.05, 0) is 0 Å². The first kappa shape index (κ1) is 29.5. The van der Waals surface area contributed by atoms with Gasteiger partial charge in [-0.25, -0.2) is 0 Å². The SMILES string of the molecule is [Cs+].[H-].[H-].[H-].[H-].[K+].[Na+].[Rb+].[Sb]. The molecule has 0 aromatic heterocycles. The summed E-state index contributed by atoms with van der Waals surface area (Å²) >= 11 is 0. The Hall–Kier alpha value is 7.31. The van der Waals surface area contributed by atoms with Crippen LogP contribution < -0.4 is 208 Å². The predicted molar refractivity (Wildman–Crippen MR) is 10.2 cm³/mol. The Morgan fingerprint density at radius 1 is 1.20 bits per heavy atom. The molecule has 0 aromatic carbocycles. The molecule has 0 aliphatic carbocycles. The van der Waals surface area contributed by atoms with E-state index in [1.54, 1.807) is 0 Å². The normalized spacial score (nSPS) is 0. The predicted octanol–water partition coefficient (Wildman–Crippen LogP) is -11.9. The third kappa shape index (κ3) is 18.3. The van der Waals surface area contributed by atoms with E-state index in [9.17, 15) is 0 Å². The Balaban J connectivity index is 0. The molecule has 5 heavy (non-hydrogen) atoms. The summed E-state index contributed by atoms with van der Waals surface area (Å²) in [6.45, 7) is 0. The van der Waals surface area contributed by atoms with Crippen LogP contribution >= 0.6 is 0 Å². The van der Waals surface area contributed by atoms with Crippen LogP contribution in [0.15, 0.2) is 0 Å². The fraction of sp³-hybridized carbons (Fsp3) is 0. The largest absolute Gasteiger partial charge is 1.00 e. The summed E-state index contributed by atoms with van der Waals surface area (Å²) < 4.78 is 0. The van der Waals surface area contributed by atoms with Gasteiger partial charge in [-0.1, -0.05) is 0 Å². The number of hydrogen-bond acceptors (Lipinski definition) is 0. The minimum absolute atomic E-state index is 0. The molecule has 0 saturated carbocycles. The van der Waals surface area contributed by atoms with Crippen LogP contribution in [0, 0.1) is 0 Å². The van der Waals surface area contributed by atoms with E-state index in [0.717, 1.165) is 0 Å². The van der Waals surface area contributed by atoms with Crippen LogP contribution in [0.3, 0.4) is 0 Å². The van der Waals surface area contributed by atoms with Crippen molar-refractivity contribution in [1.82, 2.24) is 0 Å². The van der Waals surface area contributed by atoms with Crippen LogP contribution in [0.1, 0.15) is 5.71 Å². The van der Waals surface area contributed by atoms with Gasteiger partial charge in [-0.15, -0.1) is 0 Å². The van der Waals surface area contributed by atoms with Crippen LogP contribution in [0.4, 0.5) is 0 Å². The molecular formula is H4CsKNaRbSb. The van der Waals surface area contributed by atoms with Gasteiger partial charge in [0.25, 0.3) is 0 Å². The molecule has 0 fully saturated rings. The fourth-order valence-corrected chi connectivity index (χ4v) is 0. The fourth-order valence-electron chi connectivity index (χ4n) is 0. The third-order valence-electron chi connectivity index (χ3n) is 0. The van der Waals surface area contributed by atoms with Crippen molar-refractivity contribution in [3.05, 3.63) is 0 Å². The summed E-state index contributed by atoms with van der Waals surface area (Å²) in [5.41, 5.74) is 0. The van der Waals surface area contributed by atoms with E-state index in [0.29, 0.717) is 0 Å². The molecule has 0 nitrogen and oxygen atoms in total. The second-order valence-corrected chi connectivity index (χ2v) is 0. The Bertz CT molecular complexity index is 20.5. The van der Waals surface area contributed by atoms with Gasteiger partial charge in [0.05, 0.1) is 0 Å². The zero-order valence-electron chi connectivity index (χ0n) is 8.45. The van der Waals surface area contributed by atoms with Crippen LogP contribution in [-0.4, -0.2) is 24.4 Å². The molecule has 0 bridgehead atoms. The van der Waals surface area contributed by atoms with E-state index in [-0.39, 0.29) is 238 Å². The molecule has 0 unspecified atom stereocenters. The Labute approximate surface area is 229 Å². The van der Waals surface area contributed by atoms with Gasteiger partial charge in [-0.3, -0.25) is 0 Å². The van der Waals surface area contributed by atoms with Gasteiger partial charge >= 0.3 is 208 Å². The second-order valence-electron chi connectivity index (χ2n) is 0. The average molecular weight is 406 g/mol. The molecule has 0 aromatic rings. The Morgan fingerprint density at radius 3 is 1.20 bits per heavy atom. The van der Waals surface area contributed by atoms with Crippen molar-refractivity contribution < 1.29 is 214 Å². The van der Waals surface area contributed by atoms with Gasteiger partial charge in [0.15, 0.2) is 0 Å². The molecule has 0 spiro atoms. The Morgan fingerprint density at radius 2 is 1.20 bits per heavy atom. The third-order valence-corrected chi connectivity index (χ3v) is 0. The molecule has 0 rings (SSSR count). The van der Waals surface area contributed by atoms with E-state index in [2.05, 4.69) is 0 Å². The van der Waals surface area contributed by atoms with Crippen molar-refractivity contribution in [2.24, 2.45) is 0 Å². The van der Waals surface area contributed by atoms with E-state index in [1.807, 2.05) is 0 Å². The van der Waals surface area contributed by atoms with Crippen molar-refractivity contribution in [1.29, 1.82) is 0 Å². The second kappa shape index (κ2) is 22.5. The van der Waals surface area contributed by atoms with E-state index >= 15 is 0 Å². The molecule has 0 heterocycles. The maximum Gasteiger partial charge on any atom is 1.00 e. The van der Waals surface area contributed by atoms with Crippen LogP contribution in [0.2, 0.25) is 0 Å². The molecule has 0 aliphatic heterocycles. The van der Waals surface area contributed by atoms with Crippen molar-refractivity contribution >= 4 is 24.4 Å². The van der Waals surface area contributed by atoms with Crippen LogP contribution in [0.5, 0.6) is 0 Å². The molecule has 5 heteroatoms.